The predicted octanol–water partition coefficient (Wildman–Crippen LogP) is 11.3. The zero-order valence-corrected chi connectivity index (χ0v) is 28.8. The standard InChI is InChI=1S/C47H33N5/c1-47(2)41-35(36-23-13-27-40(42(36)47)52-39-26-10-9-21-34(39)37-25-14-28-48-46(37)52)22-12-24-38(41)45-50-43(31-17-7-4-8-18-31)49-44(51-45)33-20-11-19-32(29-33)30-15-5-3-6-16-30/h3-29H,1-2H3. The van der Waals surface area contributed by atoms with Crippen molar-refractivity contribution in [3.8, 4) is 62.1 Å². The number of rotatable bonds is 5. The summed E-state index contributed by atoms with van der Waals surface area (Å²) < 4.78 is 2.34. The van der Waals surface area contributed by atoms with Crippen LogP contribution in [0.2, 0.25) is 0 Å². The summed E-state index contributed by atoms with van der Waals surface area (Å²) in [4.78, 5) is 20.5. The lowest BCUT2D eigenvalue weighted by molar-refractivity contribution is 0.657. The zero-order valence-electron chi connectivity index (χ0n) is 28.8. The van der Waals surface area contributed by atoms with Crippen LogP contribution in [-0.4, -0.2) is 24.5 Å². The summed E-state index contributed by atoms with van der Waals surface area (Å²) in [6.45, 7) is 4.66. The Bertz CT molecular complexity index is 2760. The fourth-order valence-electron chi connectivity index (χ4n) is 8.22. The van der Waals surface area contributed by atoms with Gasteiger partial charge in [0.15, 0.2) is 17.5 Å². The highest BCUT2D eigenvalue weighted by molar-refractivity contribution is 6.08. The Kier molecular flexibility index (Phi) is 6.77. The van der Waals surface area contributed by atoms with Gasteiger partial charge in [-0.1, -0.05) is 141 Å². The van der Waals surface area contributed by atoms with Crippen LogP contribution < -0.4 is 0 Å². The van der Waals surface area contributed by atoms with Gasteiger partial charge in [0.1, 0.15) is 5.65 Å². The first-order valence-corrected chi connectivity index (χ1v) is 17.7. The van der Waals surface area contributed by atoms with E-state index in [-0.39, 0.29) is 0 Å². The quantitative estimate of drug-likeness (QED) is 0.183. The van der Waals surface area contributed by atoms with Crippen LogP contribution in [0, 0.1) is 0 Å². The molecule has 10 rings (SSSR count). The fourth-order valence-corrected chi connectivity index (χ4v) is 8.22. The highest BCUT2D eigenvalue weighted by Crippen LogP contribution is 2.54. The van der Waals surface area contributed by atoms with Crippen LogP contribution >= 0.6 is 0 Å². The van der Waals surface area contributed by atoms with Crippen LogP contribution in [0.25, 0.3) is 84.0 Å². The molecule has 0 spiro atoms. The van der Waals surface area contributed by atoms with Gasteiger partial charge in [-0.05, 0) is 63.7 Å². The topological polar surface area (TPSA) is 56.5 Å². The number of hydrogen-bond donors (Lipinski definition) is 0. The molecule has 1 aliphatic carbocycles. The fraction of sp³-hybridized carbons (Fsp3) is 0.0638. The molecule has 5 heteroatoms. The molecule has 0 aliphatic heterocycles. The molecule has 0 bridgehead atoms. The second-order valence-corrected chi connectivity index (χ2v) is 13.9. The minimum absolute atomic E-state index is 0.392. The van der Waals surface area contributed by atoms with Crippen molar-refractivity contribution in [1.82, 2.24) is 24.5 Å². The lowest BCUT2D eigenvalue weighted by Gasteiger charge is -2.27. The highest BCUT2D eigenvalue weighted by Gasteiger charge is 2.41. The molecular weight excluding hydrogens is 635 g/mol. The van der Waals surface area contributed by atoms with E-state index in [1.165, 1.54) is 27.6 Å². The lowest BCUT2D eigenvalue weighted by atomic mass is 9.79. The highest BCUT2D eigenvalue weighted by atomic mass is 15.1. The van der Waals surface area contributed by atoms with Crippen LogP contribution in [0.15, 0.2) is 164 Å². The maximum absolute atomic E-state index is 5.26. The third-order valence-electron chi connectivity index (χ3n) is 10.5. The van der Waals surface area contributed by atoms with E-state index >= 15 is 0 Å². The van der Waals surface area contributed by atoms with E-state index in [1.54, 1.807) is 0 Å². The first-order chi connectivity index (χ1) is 25.6. The molecule has 0 N–H and O–H groups in total. The normalized spacial score (nSPS) is 13.0. The Morgan fingerprint density at radius 3 is 1.83 bits per heavy atom. The Hall–Kier alpha value is -6.72. The molecule has 0 radical (unpaired) electrons. The summed E-state index contributed by atoms with van der Waals surface area (Å²) >= 11 is 0. The van der Waals surface area contributed by atoms with Gasteiger partial charge in [0, 0.05) is 39.1 Å². The first-order valence-electron chi connectivity index (χ1n) is 17.7. The molecule has 5 nitrogen and oxygen atoms in total. The van der Waals surface area contributed by atoms with Crippen molar-refractivity contribution in [2.24, 2.45) is 0 Å². The monoisotopic (exact) mass is 667 g/mol. The molecule has 9 aromatic rings. The zero-order chi connectivity index (χ0) is 34.8. The molecule has 0 saturated carbocycles. The molecule has 0 amide bonds. The molecule has 0 atom stereocenters. The van der Waals surface area contributed by atoms with Crippen molar-refractivity contribution in [1.29, 1.82) is 0 Å². The van der Waals surface area contributed by atoms with Crippen molar-refractivity contribution in [2.75, 3.05) is 0 Å². The van der Waals surface area contributed by atoms with E-state index in [1.807, 2.05) is 36.5 Å². The molecule has 1 aliphatic rings. The average molecular weight is 668 g/mol. The minimum Gasteiger partial charge on any atom is -0.294 e. The molecule has 3 heterocycles. The molecule has 0 unspecified atom stereocenters. The second kappa shape index (κ2) is 11.7. The Balaban J connectivity index is 1.18. The maximum atomic E-state index is 5.26. The first kappa shape index (κ1) is 30.1. The van der Waals surface area contributed by atoms with E-state index in [0.29, 0.717) is 17.5 Å². The van der Waals surface area contributed by atoms with Gasteiger partial charge >= 0.3 is 0 Å². The van der Waals surface area contributed by atoms with Crippen molar-refractivity contribution in [3.63, 3.8) is 0 Å². The summed E-state index contributed by atoms with van der Waals surface area (Å²) in [6.07, 6.45) is 1.89. The average Bonchev–Trinajstić information content (AvgIpc) is 3.67. The SMILES string of the molecule is CC1(C)c2c(-c3nc(-c4ccccc4)nc(-c4cccc(-c5ccccc5)c4)n3)cccc2-c2cccc(-n3c4ccccc4c4cccnc43)c21. The summed E-state index contributed by atoms with van der Waals surface area (Å²) in [7, 11) is 0. The number of para-hydroxylation sites is 1. The predicted molar refractivity (Wildman–Crippen MR) is 211 cm³/mol. The van der Waals surface area contributed by atoms with Crippen LogP contribution in [0.4, 0.5) is 0 Å². The molecule has 0 fully saturated rings. The second-order valence-electron chi connectivity index (χ2n) is 13.9. The van der Waals surface area contributed by atoms with Crippen molar-refractivity contribution in [2.45, 2.75) is 19.3 Å². The molecule has 3 aromatic heterocycles. The van der Waals surface area contributed by atoms with Gasteiger partial charge < -0.3 is 0 Å². The van der Waals surface area contributed by atoms with Gasteiger partial charge in [0.2, 0.25) is 0 Å². The molecule has 246 valence electrons. The van der Waals surface area contributed by atoms with Crippen LogP contribution in [-0.2, 0) is 5.41 Å². The third kappa shape index (κ3) is 4.63. The van der Waals surface area contributed by atoms with Crippen molar-refractivity contribution < 1.29 is 0 Å². The molecular formula is C47H33N5. The van der Waals surface area contributed by atoms with E-state index in [4.69, 9.17) is 19.9 Å². The Morgan fingerprint density at radius 1 is 0.442 bits per heavy atom. The Morgan fingerprint density at radius 2 is 1.02 bits per heavy atom. The van der Waals surface area contributed by atoms with Gasteiger partial charge in [-0.3, -0.25) is 4.57 Å². The van der Waals surface area contributed by atoms with Gasteiger partial charge in [-0.2, -0.15) is 0 Å². The van der Waals surface area contributed by atoms with Crippen LogP contribution in [0.3, 0.4) is 0 Å². The Labute approximate surface area is 302 Å². The summed E-state index contributed by atoms with van der Waals surface area (Å²) in [5.41, 5.74) is 12.9. The van der Waals surface area contributed by atoms with E-state index < -0.39 is 5.41 Å². The van der Waals surface area contributed by atoms with Gasteiger partial charge in [-0.15, -0.1) is 0 Å². The molecule has 6 aromatic carbocycles. The number of benzene rings is 6. The molecule has 0 saturated heterocycles. The van der Waals surface area contributed by atoms with Crippen molar-refractivity contribution in [3.05, 3.63) is 175 Å². The van der Waals surface area contributed by atoms with E-state index in [9.17, 15) is 0 Å². The van der Waals surface area contributed by atoms with Crippen LogP contribution in [0.1, 0.15) is 25.0 Å². The number of nitrogens with zero attached hydrogens (tertiary/aromatic N) is 5. The number of hydrogen-bond acceptors (Lipinski definition) is 4. The molecule has 52 heavy (non-hydrogen) atoms. The van der Waals surface area contributed by atoms with Gasteiger partial charge in [0.25, 0.3) is 0 Å². The summed E-state index contributed by atoms with van der Waals surface area (Å²) in [6, 6.07) is 55.1. The van der Waals surface area contributed by atoms with Crippen LogP contribution in [0.5, 0.6) is 0 Å². The number of aromatic nitrogens is 5. The van der Waals surface area contributed by atoms with E-state index in [2.05, 4.69) is 146 Å². The van der Waals surface area contributed by atoms with Gasteiger partial charge in [0.05, 0.1) is 11.2 Å². The summed E-state index contributed by atoms with van der Waals surface area (Å²) in [5.74, 6) is 1.95. The van der Waals surface area contributed by atoms with Crippen molar-refractivity contribution >= 4 is 21.9 Å². The van der Waals surface area contributed by atoms with E-state index in [0.717, 1.165) is 50.1 Å². The maximum Gasteiger partial charge on any atom is 0.164 e. The summed E-state index contributed by atoms with van der Waals surface area (Å²) in [5, 5.41) is 2.34. The minimum atomic E-state index is -0.392. The smallest absolute Gasteiger partial charge is 0.164 e. The third-order valence-corrected chi connectivity index (χ3v) is 10.5. The van der Waals surface area contributed by atoms with Gasteiger partial charge in [-0.25, -0.2) is 19.9 Å². The lowest BCUT2D eigenvalue weighted by Crippen LogP contribution is -2.19. The number of pyridine rings is 1. The number of fused-ring (bicyclic) bond motifs is 6. The largest absolute Gasteiger partial charge is 0.294 e.